The highest BCUT2D eigenvalue weighted by Gasteiger charge is 2.47. The number of rotatable bonds is 5. The monoisotopic (exact) mass is 447 g/mol. The Kier molecular flexibility index (Phi) is 7.11. The Bertz CT molecular complexity index is 970. The maximum atomic E-state index is 13.6. The average Bonchev–Trinajstić information content (AvgIpc) is 2.74. The Labute approximate surface area is 185 Å². The predicted molar refractivity (Wildman–Crippen MR) is 114 cm³/mol. The number of fused-ring (bicyclic) bond motifs is 1. The van der Waals surface area contributed by atoms with Crippen LogP contribution in [0.2, 0.25) is 0 Å². The van der Waals surface area contributed by atoms with E-state index in [-0.39, 0.29) is 5.56 Å². The molecule has 2 heterocycles. The van der Waals surface area contributed by atoms with Crippen LogP contribution in [0, 0.1) is 0 Å². The molecule has 0 aliphatic carbocycles. The first-order chi connectivity index (χ1) is 15.0. The zero-order chi connectivity index (χ0) is 23.6. The van der Waals surface area contributed by atoms with E-state index in [1.165, 1.54) is 12.3 Å². The highest BCUT2D eigenvalue weighted by molar-refractivity contribution is 6.06. The van der Waals surface area contributed by atoms with Gasteiger partial charge in [-0.3, -0.25) is 14.6 Å². The number of aliphatic hydroxyl groups excluding tert-OH is 4. The van der Waals surface area contributed by atoms with Gasteiger partial charge >= 0.3 is 0 Å². The molecule has 1 aliphatic rings. The van der Waals surface area contributed by atoms with Crippen molar-refractivity contribution in [3.63, 3.8) is 0 Å². The van der Waals surface area contributed by atoms with Crippen LogP contribution < -0.4 is 5.32 Å². The SMILES string of the molecule is CC(C)(C)NC(=O)CN(C(=O)c1cccc2cccnc12)[C@@H]1O[C@H](CO)[C@H](O)[C@H](O)[C@H]1O. The highest BCUT2D eigenvalue weighted by Crippen LogP contribution is 2.26. The number of ether oxygens (including phenoxy) is 1. The second-order valence-corrected chi connectivity index (χ2v) is 8.83. The Morgan fingerprint density at radius 2 is 1.78 bits per heavy atom. The van der Waals surface area contributed by atoms with Gasteiger partial charge in [0, 0.05) is 17.1 Å². The molecule has 10 nitrogen and oxygen atoms in total. The number of nitrogens with zero attached hydrogens (tertiary/aromatic N) is 2. The highest BCUT2D eigenvalue weighted by atomic mass is 16.6. The Balaban J connectivity index is 2.02. The normalized spacial score (nSPS) is 26.0. The van der Waals surface area contributed by atoms with Crippen LogP contribution in [-0.4, -0.2) is 91.5 Å². The van der Waals surface area contributed by atoms with Crippen molar-refractivity contribution in [2.24, 2.45) is 0 Å². The first-order valence-corrected chi connectivity index (χ1v) is 10.3. The molecule has 5 N–H and O–H groups in total. The lowest BCUT2D eigenvalue weighted by Gasteiger charge is -2.44. The number of carbonyl (C=O) groups excluding carboxylic acids is 2. The summed E-state index contributed by atoms with van der Waals surface area (Å²) >= 11 is 0. The van der Waals surface area contributed by atoms with E-state index in [0.717, 1.165) is 4.90 Å². The standard InChI is InChI=1S/C22H29N3O7/c1-22(2,3)24-15(27)10-25(21-19(30)18(29)17(28)14(11-26)32-21)20(31)13-8-4-6-12-7-5-9-23-16(12)13/h4-9,14,17-19,21,26,28-30H,10-11H2,1-3H3,(H,24,27)/t14-,17+,18+,19-,21-/m1/s1. The van der Waals surface area contributed by atoms with E-state index in [1.807, 2.05) is 0 Å². The lowest BCUT2D eigenvalue weighted by Crippen LogP contribution is -2.65. The molecule has 5 atom stereocenters. The van der Waals surface area contributed by atoms with Crippen LogP contribution in [0.3, 0.4) is 0 Å². The van der Waals surface area contributed by atoms with Crippen molar-refractivity contribution in [2.45, 2.75) is 57.0 Å². The molecule has 0 bridgehead atoms. The van der Waals surface area contributed by atoms with Gasteiger partial charge in [0.1, 0.15) is 31.0 Å². The lowest BCUT2D eigenvalue weighted by atomic mass is 9.97. The second kappa shape index (κ2) is 9.47. The van der Waals surface area contributed by atoms with Crippen LogP contribution in [0.1, 0.15) is 31.1 Å². The zero-order valence-corrected chi connectivity index (χ0v) is 18.2. The molecule has 1 aromatic carbocycles. The summed E-state index contributed by atoms with van der Waals surface area (Å²) in [6, 6.07) is 8.49. The molecule has 3 rings (SSSR count). The summed E-state index contributed by atoms with van der Waals surface area (Å²) in [6.07, 6.45) is -6.21. The van der Waals surface area contributed by atoms with E-state index >= 15 is 0 Å². The van der Waals surface area contributed by atoms with E-state index < -0.39 is 61.1 Å². The molecule has 174 valence electrons. The molecule has 1 aliphatic heterocycles. The van der Waals surface area contributed by atoms with Gasteiger partial charge in [0.2, 0.25) is 5.91 Å². The number of para-hydroxylation sites is 1. The first-order valence-electron chi connectivity index (χ1n) is 10.3. The van der Waals surface area contributed by atoms with Gasteiger partial charge in [-0.15, -0.1) is 0 Å². The van der Waals surface area contributed by atoms with Crippen LogP contribution in [0.5, 0.6) is 0 Å². The van der Waals surface area contributed by atoms with Crippen LogP contribution in [0.4, 0.5) is 0 Å². The van der Waals surface area contributed by atoms with Gasteiger partial charge in [0.15, 0.2) is 6.23 Å². The zero-order valence-electron chi connectivity index (χ0n) is 18.2. The van der Waals surface area contributed by atoms with Crippen LogP contribution >= 0.6 is 0 Å². The number of hydrogen-bond acceptors (Lipinski definition) is 8. The summed E-state index contributed by atoms with van der Waals surface area (Å²) in [6.45, 7) is 4.17. The summed E-state index contributed by atoms with van der Waals surface area (Å²) in [5.41, 5.74) is -0.0169. The van der Waals surface area contributed by atoms with Crippen molar-refractivity contribution in [3.05, 3.63) is 42.1 Å². The molecule has 1 aromatic heterocycles. The smallest absolute Gasteiger partial charge is 0.258 e. The van der Waals surface area contributed by atoms with Gasteiger partial charge in [-0.1, -0.05) is 18.2 Å². The molecule has 1 saturated heterocycles. The molecule has 2 amide bonds. The van der Waals surface area contributed by atoms with E-state index in [4.69, 9.17) is 4.74 Å². The maximum absolute atomic E-state index is 13.6. The summed E-state index contributed by atoms with van der Waals surface area (Å²) in [7, 11) is 0. The first kappa shape index (κ1) is 24.0. The number of carbonyl (C=O) groups is 2. The molecule has 1 fully saturated rings. The largest absolute Gasteiger partial charge is 0.394 e. The van der Waals surface area contributed by atoms with Crippen LogP contribution in [0.15, 0.2) is 36.5 Å². The van der Waals surface area contributed by atoms with Crippen molar-refractivity contribution < 1.29 is 34.8 Å². The van der Waals surface area contributed by atoms with Crippen molar-refractivity contribution in [2.75, 3.05) is 13.2 Å². The van der Waals surface area contributed by atoms with Gasteiger partial charge in [-0.25, -0.2) is 0 Å². The maximum Gasteiger partial charge on any atom is 0.258 e. The number of aromatic nitrogens is 1. The fourth-order valence-corrected chi connectivity index (χ4v) is 3.66. The van der Waals surface area contributed by atoms with Gasteiger partial charge < -0.3 is 35.4 Å². The number of nitrogens with one attached hydrogen (secondary N) is 1. The molecule has 32 heavy (non-hydrogen) atoms. The fraction of sp³-hybridized carbons (Fsp3) is 0.500. The van der Waals surface area contributed by atoms with E-state index in [9.17, 15) is 30.0 Å². The summed E-state index contributed by atoms with van der Waals surface area (Å²) in [5.74, 6) is -1.18. The molecule has 10 heteroatoms. The third-order valence-electron chi connectivity index (χ3n) is 5.13. The van der Waals surface area contributed by atoms with Gasteiger partial charge in [-0.05, 0) is 32.9 Å². The Hall–Kier alpha value is -2.63. The van der Waals surface area contributed by atoms with Gasteiger partial charge in [-0.2, -0.15) is 0 Å². The van der Waals surface area contributed by atoms with Gasteiger partial charge in [0.25, 0.3) is 5.91 Å². The average molecular weight is 447 g/mol. The predicted octanol–water partition coefficient (Wildman–Crippen LogP) is -0.608. The molecule has 0 spiro atoms. The molecular formula is C22H29N3O7. The van der Waals surface area contributed by atoms with E-state index in [2.05, 4.69) is 10.3 Å². The number of hydrogen-bond donors (Lipinski definition) is 5. The second-order valence-electron chi connectivity index (χ2n) is 8.83. The van der Waals surface area contributed by atoms with Crippen molar-refractivity contribution in [3.8, 4) is 0 Å². The number of aliphatic hydroxyl groups is 4. The summed E-state index contributed by atoms with van der Waals surface area (Å²) in [4.78, 5) is 31.5. The Morgan fingerprint density at radius 1 is 1.09 bits per heavy atom. The summed E-state index contributed by atoms with van der Waals surface area (Å²) < 4.78 is 5.57. The topological polar surface area (TPSA) is 152 Å². The third-order valence-corrected chi connectivity index (χ3v) is 5.13. The third kappa shape index (κ3) is 5.05. The molecule has 0 unspecified atom stereocenters. The number of pyridine rings is 1. The minimum absolute atomic E-state index is 0.170. The van der Waals surface area contributed by atoms with E-state index in [1.54, 1.807) is 45.0 Å². The van der Waals surface area contributed by atoms with Crippen molar-refractivity contribution in [1.29, 1.82) is 0 Å². The quantitative estimate of drug-likeness (QED) is 0.407. The van der Waals surface area contributed by atoms with E-state index in [0.29, 0.717) is 10.9 Å². The molecule has 0 saturated carbocycles. The van der Waals surface area contributed by atoms with Crippen LogP contribution in [-0.2, 0) is 9.53 Å². The summed E-state index contributed by atoms with van der Waals surface area (Å²) in [5, 5.41) is 43.9. The fourth-order valence-electron chi connectivity index (χ4n) is 3.66. The number of amides is 2. The molecule has 2 aromatic rings. The molecule has 0 radical (unpaired) electrons. The minimum atomic E-state index is -1.72. The Morgan fingerprint density at radius 3 is 2.44 bits per heavy atom. The van der Waals surface area contributed by atoms with Crippen molar-refractivity contribution in [1.82, 2.24) is 15.2 Å². The lowest BCUT2D eigenvalue weighted by molar-refractivity contribution is -0.257. The van der Waals surface area contributed by atoms with Crippen molar-refractivity contribution >= 4 is 22.7 Å². The minimum Gasteiger partial charge on any atom is -0.394 e. The van der Waals surface area contributed by atoms with Crippen LogP contribution in [0.25, 0.3) is 10.9 Å². The molecular weight excluding hydrogens is 418 g/mol. The number of benzene rings is 1. The van der Waals surface area contributed by atoms with Gasteiger partial charge in [0.05, 0.1) is 17.7 Å².